The van der Waals surface area contributed by atoms with Crippen LogP contribution in [0.3, 0.4) is 0 Å². The monoisotopic (exact) mass is 349 g/mol. The first-order chi connectivity index (χ1) is 11.0. The van der Waals surface area contributed by atoms with Crippen LogP contribution in [0.1, 0.15) is 37.1 Å². The number of piperidine rings is 1. The average Bonchev–Trinajstić information content (AvgIpc) is 2.55. The highest BCUT2D eigenvalue weighted by Crippen LogP contribution is 2.40. The zero-order chi connectivity index (χ0) is 16.6. The average molecular weight is 350 g/mol. The second-order valence-corrected chi connectivity index (χ2v) is 7.31. The zero-order valence-corrected chi connectivity index (χ0v) is 14.7. The summed E-state index contributed by atoms with van der Waals surface area (Å²) in [5.41, 5.74) is 2.29. The number of rotatable bonds is 2. The standard InChI is InChI=1S/C19H21Cl2NO/c1-11-17(13-3-7-15(20)8-4-13)22-18(12(2)19(11)23)14-5-9-16(21)10-6-14/h3-12,17-19,22-23H,1-2H3. The first-order valence-corrected chi connectivity index (χ1v) is 8.68. The highest BCUT2D eigenvalue weighted by molar-refractivity contribution is 6.30. The fraction of sp³-hybridized carbons (Fsp3) is 0.368. The van der Waals surface area contributed by atoms with Gasteiger partial charge in [0.25, 0.3) is 0 Å². The summed E-state index contributed by atoms with van der Waals surface area (Å²) >= 11 is 12.0. The van der Waals surface area contributed by atoms with Crippen LogP contribution in [0.25, 0.3) is 0 Å². The molecule has 3 rings (SSSR count). The molecule has 1 aliphatic heterocycles. The predicted octanol–water partition coefficient (Wildman–Crippen LogP) is 5.01. The predicted molar refractivity (Wildman–Crippen MR) is 95.9 cm³/mol. The Balaban J connectivity index is 1.92. The maximum absolute atomic E-state index is 10.7. The molecule has 0 aliphatic carbocycles. The summed E-state index contributed by atoms with van der Waals surface area (Å²) in [6.07, 6.45) is -0.377. The lowest BCUT2D eigenvalue weighted by Crippen LogP contribution is -2.48. The summed E-state index contributed by atoms with van der Waals surface area (Å²) in [5, 5.41) is 15.9. The zero-order valence-electron chi connectivity index (χ0n) is 13.2. The second-order valence-electron chi connectivity index (χ2n) is 6.43. The Morgan fingerprint density at radius 3 is 1.43 bits per heavy atom. The van der Waals surface area contributed by atoms with E-state index in [0.29, 0.717) is 0 Å². The van der Waals surface area contributed by atoms with E-state index in [9.17, 15) is 5.11 Å². The Morgan fingerprint density at radius 1 is 0.739 bits per heavy atom. The molecule has 0 radical (unpaired) electrons. The Bertz CT molecular complexity index is 599. The SMILES string of the molecule is CC1C(c2ccc(Cl)cc2)NC(c2ccc(Cl)cc2)C(C)C1O. The summed E-state index contributed by atoms with van der Waals surface area (Å²) in [4.78, 5) is 0. The van der Waals surface area contributed by atoms with Gasteiger partial charge in [-0.05, 0) is 35.4 Å². The fourth-order valence-corrected chi connectivity index (χ4v) is 3.76. The minimum atomic E-state index is -0.377. The molecule has 1 aliphatic rings. The van der Waals surface area contributed by atoms with Crippen molar-refractivity contribution in [2.75, 3.05) is 0 Å². The molecule has 1 fully saturated rings. The van der Waals surface area contributed by atoms with E-state index in [2.05, 4.69) is 19.2 Å². The molecule has 2 N–H and O–H groups in total. The summed E-state index contributed by atoms with van der Waals surface area (Å²) in [6.45, 7) is 4.18. The maximum Gasteiger partial charge on any atom is 0.0627 e. The molecule has 2 aromatic carbocycles. The van der Waals surface area contributed by atoms with Gasteiger partial charge < -0.3 is 10.4 Å². The number of benzene rings is 2. The smallest absolute Gasteiger partial charge is 0.0627 e. The lowest BCUT2D eigenvalue weighted by molar-refractivity contribution is -0.00676. The van der Waals surface area contributed by atoms with E-state index >= 15 is 0 Å². The van der Waals surface area contributed by atoms with Crippen molar-refractivity contribution in [3.8, 4) is 0 Å². The third kappa shape index (κ3) is 3.41. The Labute approximate surface area is 147 Å². The van der Waals surface area contributed by atoms with E-state index in [1.807, 2.05) is 48.5 Å². The van der Waals surface area contributed by atoms with Crippen molar-refractivity contribution < 1.29 is 5.11 Å². The van der Waals surface area contributed by atoms with Crippen molar-refractivity contribution in [1.29, 1.82) is 0 Å². The van der Waals surface area contributed by atoms with E-state index in [1.165, 1.54) is 0 Å². The van der Waals surface area contributed by atoms with Gasteiger partial charge in [0.2, 0.25) is 0 Å². The van der Waals surface area contributed by atoms with Crippen LogP contribution in [0.4, 0.5) is 0 Å². The van der Waals surface area contributed by atoms with Gasteiger partial charge >= 0.3 is 0 Å². The van der Waals surface area contributed by atoms with E-state index in [4.69, 9.17) is 23.2 Å². The summed E-state index contributed by atoms with van der Waals surface area (Å²) < 4.78 is 0. The van der Waals surface area contributed by atoms with E-state index in [-0.39, 0.29) is 30.0 Å². The Kier molecular flexibility index (Phi) is 4.98. The first-order valence-electron chi connectivity index (χ1n) is 7.92. The van der Waals surface area contributed by atoms with E-state index in [1.54, 1.807) is 0 Å². The molecular weight excluding hydrogens is 329 g/mol. The molecular formula is C19H21Cl2NO. The maximum atomic E-state index is 10.7. The van der Waals surface area contributed by atoms with Gasteiger partial charge in [-0.2, -0.15) is 0 Å². The highest BCUT2D eigenvalue weighted by atomic mass is 35.5. The van der Waals surface area contributed by atoms with Gasteiger partial charge in [-0.3, -0.25) is 0 Å². The molecule has 0 bridgehead atoms. The van der Waals surface area contributed by atoms with Gasteiger partial charge in [-0.25, -0.2) is 0 Å². The molecule has 1 saturated heterocycles. The molecule has 4 heteroatoms. The van der Waals surface area contributed by atoms with Crippen molar-refractivity contribution in [3.63, 3.8) is 0 Å². The third-order valence-corrected chi connectivity index (χ3v) is 5.45. The van der Waals surface area contributed by atoms with E-state index in [0.717, 1.165) is 21.2 Å². The van der Waals surface area contributed by atoms with Gasteiger partial charge in [0, 0.05) is 34.0 Å². The first kappa shape index (κ1) is 16.8. The van der Waals surface area contributed by atoms with Gasteiger partial charge in [-0.15, -0.1) is 0 Å². The number of hydrogen-bond acceptors (Lipinski definition) is 2. The number of aliphatic hydroxyl groups is 1. The summed E-state index contributed by atoms with van der Waals surface area (Å²) in [7, 11) is 0. The molecule has 1 heterocycles. The molecule has 0 spiro atoms. The molecule has 23 heavy (non-hydrogen) atoms. The third-order valence-electron chi connectivity index (χ3n) is 4.95. The van der Waals surface area contributed by atoms with Crippen LogP contribution < -0.4 is 5.32 Å². The van der Waals surface area contributed by atoms with Crippen LogP contribution in [0.2, 0.25) is 10.0 Å². The molecule has 2 aromatic rings. The summed E-state index contributed by atoms with van der Waals surface area (Å²) in [6, 6.07) is 15.9. The lowest BCUT2D eigenvalue weighted by Gasteiger charge is -2.44. The quantitative estimate of drug-likeness (QED) is 0.798. The summed E-state index contributed by atoms with van der Waals surface area (Å²) in [5.74, 6) is 0.240. The van der Waals surface area contributed by atoms with Crippen LogP contribution in [0.15, 0.2) is 48.5 Å². The number of aliphatic hydroxyl groups excluding tert-OH is 1. The molecule has 0 saturated carbocycles. The molecule has 4 unspecified atom stereocenters. The van der Waals surface area contributed by atoms with Crippen molar-refractivity contribution in [2.24, 2.45) is 11.8 Å². The largest absolute Gasteiger partial charge is 0.392 e. The van der Waals surface area contributed by atoms with Gasteiger partial charge in [-0.1, -0.05) is 61.3 Å². The van der Waals surface area contributed by atoms with Gasteiger partial charge in [0.05, 0.1) is 6.10 Å². The van der Waals surface area contributed by atoms with Crippen LogP contribution in [-0.4, -0.2) is 11.2 Å². The molecule has 4 atom stereocenters. The van der Waals surface area contributed by atoms with Crippen LogP contribution >= 0.6 is 23.2 Å². The lowest BCUT2D eigenvalue weighted by atomic mass is 9.75. The van der Waals surface area contributed by atoms with Crippen LogP contribution in [0.5, 0.6) is 0 Å². The van der Waals surface area contributed by atoms with Crippen LogP contribution in [0, 0.1) is 11.8 Å². The normalized spacial score (nSPS) is 31.1. The Hall–Kier alpha value is -1.06. The van der Waals surface area contributed by atoms with Crippen LogP contribution in [-0.2, 0) is 0 Å². The topological polar surface area (TPSA) is 32.3 Å². The number of nitrogens with one attached hydrogen (secondary N) is 1. The molecule has 0 aromatic heterocycles. The minimum Gasteiger partial charge on any atom is -0.392 e. The highest BCUT2D eigenvalue weighted by Gasteiger charge is 2.40. The van der Waals surface area contributed by atoms with Crippen molar-refractivity contribution in [3.05, 3.63) is 69.7 Å². The molecule has 2 nitrogen and oxygen atoms in total. The minimum absolute atomic E-state index is 0.0825. The van der Waals surface area contributed by atoms with Crippen molar-refractivity contribution in [2.45, 2.75) is 32.0 Å². The van der Waals surface area contributed by atoms with E-state index < -0.39 is 0 Å². The van der Waals surface area contributed by atoms with Crippen molar-refractivity contribution in [1.82, 2.24) is 5.32 Å². The number of hydrogen-bond donors (Lipinski definition) is 2. The molecule has 0 amide bonds. The Morgan fingerprint density at radius 2 is 1.09 bits per heavy atom. The van der Waals surface area contributed by atoms with Crippen molar-refractivity contribution >= 4 is 23.2 Å². The van der Waals surface area contributed by atoms with Gasteiger partial charge in [0.1, 0.15) is 0 Å². The fourth-order valence-electron chi connectivity index (χ4n) is 3.51. The van der Waals surface area contributed by atoms with Gasteiger partial charge in [0.15, 0.2) is 0 Å². The second kappa shape index (κ2) is 6.82. The number of halogens is 2. The molecule has 122 valence electrons.